The van der Waals surface area contributed by atoms with Gasteiger partial charge >= 0.3 is 0 Å². The van der Waals surface area contributed by atoms with Gasteiger partial charge in [-0.2, -0.15) is 0 Å². The summed E-state index contributed by atoms with van der Waals surface area (Å²) in [5, 5.41) is 9.65. The molecule has 0 aliphatic carbocycles. The van der Waals surface area contributed by atoms with Crippen LogP contribution in [-0.2, 0) is 0 Å². The van der Waals surface area contributed by atoms with E-state index in [0.717, 1.165) is 16.7 Å². The summed E-state index contributed by atoms with van der Waals surface area (Å²) in [6.45, 7) is 5.93. The summed E-state index contributed by atoms with van der Waals surface area (Å²) >= 11 is 0. The van der Waals surface area contributed by atoms with E-state index in [1.165, 1.54) is 0 Å². The molecule has 1 aromatic carbocycles. The van der Waals surface area contributed by atoms with Crippen molar-refractivity contribution < 1.29 is 5.11 Å². The van der Waals surface area contributed by atoms with Crippen molar-refractivity contribution in [2.75, 3.05) is 0 Å². The van der Waals surface area contributed by atoms with Crippen molar-refractivity contribution in [1.82, 2.24) is 0 Å². The average molecular weight is 214 g/mol. The Hall–Kier alpha value is -1.76. The predicted octanol–water partition coefficient (Wildman–Crippen LogP) is 4.49. The fourth-order valence-electron chi connectivity index (χ4n) is 1.68. The largest absolute Gasteiger partial charge is 0.508 e. The number of allylic oxidation sites excluding steroid dienone is 3. The first-order valence-electron chi connectivity index (χ1n) is 5.48. The lowest BCUT2D eigenvalue weighted by atomic mass is 9.99. The van der Waals surface area contributed by atoms with Crippen LogP contribution in [-0.4, -0.2) is 5.11 Å². The van der Waals surface area contributed by atoms with Crippen LogP contribution in [0.5, 0.6) is 5.75 Å². The molecule has 16 heavy (non-hydrogen) atoms. The molecule has 0 saturated heterocycles. The molecule has 0 atom stereocenters. The van der Waals surface area contributed by atoms with Crippen molar-refractivity contribution in [3.8, 4) is 5.75 Å². The van der Waals surface area contributed by atoms with Crippen molar-refractivity contribution in [3.63, 3.8) is 0 Å². The van der Waals surface area contributed by atoms with E-state index >= 15 is 0 Å². The van der Waals surface area contributed by atoms with Gasteiger partial charge < -0.3 is 5.11 Å². The number of phenols is 1. The highest BCUT2D eigenvalue weighted by Gasteiger charge is 2.03. The van der Waals surface area contributed by atoms with Gasteiger partial charge in [0.25, 0.3) is 0 Å². The van der Waals surface area contributed by atoms with E-state index in [1.807, 2.05) is 51.2 Å². The Morgan fingerprint density at radius 2 is 1.25 bits per heavy atom. The van der Waals surface area contributed by atoms with Crippen LogP contribution in [0.4, 0.5) is 0 Å². The number of hydrogen-bond donors (Lipinski definition) is 1. The molecule has 1 heteroatoms. The monoisotopic (exact) mass is 214 g/mol. The summed E-state index contributed by atoms with van der Waals surface area (Å²) in [4.78, 5) is 0. The van der Waals surface area contributed by atoms with E-state index in [1.54, 1.807) is 12.1 Å². The highest BCUT2D eigenvalue weighted by atomic mass is 16.3. The van der Waals surface area contributed by atoms with Crippen molar-refractivity contribution in [2.45, 2.75) is 20.8 Å². The number of phenolic OH excluding ortho intramolecular Hbond substituents is 1. The molecule has 0 saturated carbocycles. The fourth-order valence-corrected chi connectivity index (χ4v) is 1.68. The second-order valence-electron chi connectivity index (χ2n) is 3.54. The van der Waals surface area contributed by atoms with Crippen molar-refractivity contribution >= 4 is 18.2 Å². The van der Waals surface area contributed by atoms with Gasteiger partial charge in [0.1, 0.15) is 5.75 Å². The maximum absolute atomic E-state index is 9.65. The van der Waals surface area contributed by atoms with Gasteiger partial charge in [-0.25, -0.2) is 0 Å². The van der Waals surface area contributed by atoms with Crippen LogP contribution in [0.3, 0.4) is 0 Å². The Morgan fingerprint density at radius 1 is 0.812 bits per heavy atom. The molecule has 0 fully saturated rings. The number of aromatic hydroxyl groups is 1. The van der Waals surface area contributed by atoms with Gasteiger partial charge in [0, 0.05) is 0 Å². The molecule has 0 bridgehead atoms. The number of rotatable bonds is 3. The summed E-state index contributed by atoms with van der Waals surface area (Å²) in [7, 11) is 0. The second kappa shape index (κ2) is 5.96. The molecule has 0 amide bonds. The summed E-state index contributed by atoms with van der Waals surface area (Å²) in [6.07, 6.45) is 12.0. The summed E-state index contributed by atoms with van der Waals surface area (Å²) in [5.74, 6) is 0.300. The summed E-state index contributed by atoms with van der Waals surface area (Å²) in [6, 6.07) is 3.56. The van der Waals surface area contributed by atoms with Crippen LogP contribution >= 0.6 is 0 Å². The smallest absolute Gasteiger partial charge is 0.116 e. The molecule has 1 aromatic rings. The minimum atomic E-state index is 0.300. The molecule has 1 rings (SSSR count). The number of benzene rings is 1. The second-order valence-corrected chi connectivity index (χ2v) is 3.54. The van der Waals surface area contributed by atoms with E-state index < -0.39 is 0 Å². The highest BCUT2D eigenvalue weighted by molar-refractivity contribution is 5.75. The Morgan fingerprint density at radius 3 is 1.62 bits per heavy atom. The van der Waals surface area contributed by atoms with E-state index in [9.17, 15) is 5.11 Å². The lowest BCUT2D eigenvalue weighted by molar-refractivity contribution is 0.475. The highest BCUT2D eigenvalue weighted by Crippen LogP contribution is 2.25. The SMILES string of the molecule is C/C=C/c1cc(O)cc(/C=C/C)c1/C=C/C. The van der Waals surface area contributed by atoms with Gasteiger partial charge in [0.05, 0.1) is 0 Å². The first-order valence-corrected chi connectivity index (χ1v) is 5.48. The van der Waals surface area contributed by atoms with Gasteiger partial charge in [-0.05, 0) is 49.6 Å². The molecular weight excluding hydrogens is 196 g/mol. The molecule has 0 aliphatic rings. The topological polar surface area (TPSA) is 20.2 Å². The number of hydrogen-bond acceptors (Lipinski definition) is 1. The summed E-state index contributed by atoms with van der Waals surface area (Å²) in [5.41, 5.74) is 3.21. The molecular formula is C15H18O. The standard InChI is InChI=1S/C15H18O/c1-4-7-12-10-14(16)11-13(8-5-2)15(12)9-6-3/h4-11,16H,1-3H3/b7-4+,8-5+,9-6+. The van der Waals surface area contributed by atoms with Crippen LogP contribution in [0.1, 0.15) is 37.5 Å². The molecule has 1 N–H and O–H groups in total. The van der Waals surface area contributed by atoms with Crippen LogP contribution in [0.2, 0.25) is 0 Å². The molecule has 0 aromatic heterocycles. The van der Waals surface area contributed by atoms with Gasteiger partial charge in [0.2, 0.25) is 0 Å². The van der Waals surface area contributed by atoms with Crippen molar-refractivity contribution in [3.05, 3.63) is 47.1 Å². The van der Waals surface area contributed by atoms with Crippen LogP contribution in [0.15, 0.2) is 30.4 Å². The zero-order valence-electron chi connectivity index (χ0n) is 10.1. The third kappa shape index (κ3) is 2.86. The Balaban J connectivity index is 3.46. The van der Waals surface area contributed by atoms with Crippen LogP contribution in [0, 0.1) is 0 Å². The molecule has 0 unspecified atom stereocenters. The zero-order chi connectivity index (χ0) is 12.0. The Bertz CT molecular complexity index is 404. The molecule has 0 aliphatic heterocycles. The lowest BCUT2D eigenvalue weighted by Crippen LogP contribution is -1.86. The normalized spacial score (nSPS) is 12.2. The van der Waals surface area contributed by atoms with Crippen molar-refractivity contribution in [2.24, 2.45) is 0 Å². The zero-order valence-corrected chi connectivity index (χ0v) is 10.1. The van der Waals surface area contributed by atoms with E-state index in [4.69, 9.17) is 0 Å². The lowest BCUT2D eigenvalue weighted by Gasteiger charge is -2.07. The predicted molar refractivity (Wildman–Crippen MR) is 72.2 cm³/mol. The maximum Gasteiger partial charge on any atom is 0.116 e. The fraction of sp³-hybridized carbons (Fsp3) is 0.200. The first kappa shape index (κ1) is 12.3. The first-order chi connectivity index (χ1) is 7.72. The minimum Gasteiger partial charge on any atom is -0.508 e. The quantitative estimate of drug-likeness (QED) is 0.785. The van der Waals surface area contributed by atoms with E-state index in [-0.39, 0.29) is 0 Å². The van der Waals surface area contributed by atoms with Crippen LogP contribution < -0.4 is 0 Å². The Kier molecular flexibility index (Phi) is 4.59. The van der Waals surface area contributed by atoms with E-state index in [0.29, 0.717) is 5.75 Å². The molecule has 0 radical (unpaired) electrons. The third-order valence-corrected chi connectivity index (χ3v) is 2.25. The molecule has 1 nitrogen and oxygen atoms in total. The summed E-state index contributed by atoms with van der Waals surface area (Å²) < 4.78 is 0. The van der Waals surface area contributed by atoms with Crippen molar-refractivity contribution in [1.29, 1.82) is 0 Å². The average Bonchev–Trinajstić information content (AvgIpc) is 2.24. The molecule has 0 spiro atoms. The maximum atomic E-state index is 9.65. The Labute approximate surface area is 97.4 Å². The molecule has 84 valence electrons. The van der Waals surface area contributed by atoms with E-state index in [2.05, 4.69) is 6.08 Å². The molecule has 0 heterocycles. The van der Waals surface area contributed by atoms with Gasteiger partial charge in [0.15, 0.2) is 0 Å². The van der Waals surface area contributed by atoms with Crippen LogP contribution in [0.25, 0.3) is 18.2 Å². The third-order valence-electron chi connectivity index (χ3n) is 2.25. The van der Waals surface area contributed by atoms with Gasteiger partial charge in [-0.1, -0.05) is 36.5 Å². The minimum absolute atomic E-state index is 0.300. The van der Waals surface area contributed by atoms with Gasteiger partial charge in [-0.15, -0.1) is 0 Å². The van der Waals surface area contributed by atoms with Gasteiger partial charge in [-0.3, -0.25) is 0 Å².